The molecule has 1 aromatic rings. The average Bonchev–Trinajstić information content (AvgIpc) is 2.43. The Morgan fingerprint density at radius 2 is 2.26 bits per heavy atom. The van der Waals surface area contributed by atoms with E-state index in [9.17, 15) is 4.79 Å². The van der Waals surface area contributed by atoms with Crippen LogP contribution in [0, 0.1) is 0 Å². The van der Waals surface area contributed by atoms with E-state index in [-0.39, 0.29) is 5.91 Å². The summed E-state index contributed by atoms with van der Waals surface area (Å²) >= 11 is 1.72. The Bertz CT molecular complexity index is 425. The van der Waals surface area contributed by atoms with Crippen molar-refractivity contribution in [3.63, 3.8) is 0 Å². The van der Waals surface area contributed by atoms with E-state index in [0.717, 1.165) is 30.8 Å². The summed E-state index contributed by atoms with van der Waals surface area (Å²) in [5, 5.41) is 0. The topological polar surface area (TPSA) is 71.2 Å². The predicted octanol–water partition coefficient (Wildman–Crippen LogP) is 1.75. The third kappa shape index (κ3) is 4.72. The molecule has 19 heavy (non-hydrogen) atoms. The Morgan fingerprint density at radius 3 is 2.84 bits per heavy atom. The number of carbonyl (C=O) groups excluding carboxylic acids is 1. The average molecular weight is 282 g/mol. The van der Waals surface area contributed by atoms with Crippen molar-refractivity contribution in [3.05, 3.63) is 23.4 Å². The van der Waals surface area contributed by atoms with Gasteiger partial charge in [0.1, 0.15) is 5.82 Å². The number of pyridine rings is 1. The van der Waals surface area contributed by atoms with Gasteiger partial charge in [-0.1, -0.05) is 13.3 Å². The number of amides is 1. The molecule has 0 spiro atoms. The fraction of sp³-hybridized carbons (Fsp3) is 0.538. The van der Waals surface area contributed by atoms with Crippen LogP contribution in [0.5, 0.6) is 0 Å². The maximum Gasteiger partial charge on any atom is 0.253 e. The first kappa shape index (κ1) is 15.8. The normalized spacial score (nSPS) is 10.3. The van der Waals surface area contributed by atoms with Gasteiger partial charge in [0.25, 0.3) is 5.91 Å². The number of nitrogen functional groups attached to an aromatic ring is 1. The van der Waals surface area contributed by atoms with E-state index in [2.05, 4.69) is 17.3 Å². The summed E-state index contributed by atoms with van der Waals surface area (Å²) in [5.74, 6) is 6.87. The summed E-state index contributed by atoms with van der Waals surface area (Å²) in [6.45, 7) is 2.81. The van der Waals surface area contributed by atoms with E-state index in [4.69, 9.17) is 5.84 Å². The number of rotatable bonds is 7. The number of hydrogen-bond donors (Lipinski definition) is 2. The molecular formula is C13H22N4OS. The minimum absolute atomic E-state index is 0.00491. The molecule has 1 amide bonds. The lowest BCUT2D eigenvalue weighted by atomic mass is 10.1. The van der Waals surface area contributed by atoms with Gasteiger partial charge in [0.05, 0.1) is 0 Å². The molecule has 6 heteroatoms. The number of anilines is 1. The summed E-state index contributed by atoms with van der Waals surface area (Å²) in [6.07, 6.45) is 3.85. The highest BCUT2D eigenvalue weighted by Crippen LogP contribution is 2.13. The van der Waals surface area contributed by atoms with Gasteiger partial charge in [-0.05, 0) is 24.8 Å². The molecule has 1 rings (SSSR count). The van der Waals surface area contributed by atoms with Crippen molar-refractivity contribution in [1.29, 1.82) is 0 Å². The standard InChI is InChI=1S/C13H22N4OS/c1-4-5-11-8-10(9-12(15-11)16-14)13(18)17(2)6-7-19-3/h8-9H,4-7,14H2,1-3H3,(H,15,16). The Morgan fingerprint density at radius 1 is 1.53 bits per heavy atom. The van der Waals surface area contributed by atoms with Crippen LogP contribution in [0.3, 0.4) is 0 Å². The van der Waals surface area contributed by atoms with Gasteiger partial charge in [0.15, 0.2) is 0 Å². The van der Waals surface area contributed by atoms with Gasteiger partial charge in [-0.2, -0.15) is 11.8 Å². The summed E-state index contributed by atoms with van der Waals surface area (Å²) in [4.78, 5) is 18.4. The van der Waals surface area contributed by atoms with E-state index in [1.165, 1.54) is 0 Å². The number of nitrogens with two attached hydrogens (primary N) is 1. The second-order valence-electron chi connectivity index (χ2n) is 4.35. The summed E-state index contributed by atoms with van der Waals surface area (Å²) < 4.78 is 0. The Balaban J connectivity index is 2.91. The third-order valence-electron chi connectivity index (χ3n) is 2.76. The molecule has 0 fully saturated rings. The van der Waals surface area contributed by atoms with Crippen LogP contribution in [0.1, 0.15) is 29.4 Å². The zero-order chi connectivity index (χ0) is 14.3. The van der Waals surface area contributed by atoms with E-state index >= 15 is 0 Å². The Kier molecular flexibility index (Phi) is 6.66. The number of hydrazine groups is 1. The lowest BCUT2D eigenvalue weighted by Crippen LogP contribution is -2.29. The van der Waals surface area contributed by atoms with E-state index in [1.54, 1.807) is 22.7 Å². The van der Waals surface area contributed by atoms with E-state index < -0.39 is 0 Å². The molecule has 0 aliphatic carbocycles. The van der Waals surface area contributed by atoms with Crippen LogP contribution in [-0.2, 0) is 6.42 Å². The summed E-state index contributed by atoms with van der Waals surface area (Å²) in [5.41, 5.74) is 4.04. The Labute approximate surface area is 118 Å². The molecule has 0 bridgehead atoms. The van der Waals surface area contributed by atoms with Crippen molar-refractivity contribution in [3.8, 4) is 0 Å². The quantitative estimate of drug-likeness (QED) is 0.589. The van der Waals surface area contributed by atoms with Crippen LogP contribution in [0.2, 0.25) is 0 Å². The molecule has 106 valence electrons. The summed E-state index contributed by atoms with van der Waals surface area (Å²) in [6, 6.07) is 3.54. The molecule has 0 saturated carbocycles. The van der Waals surface area contributed by atoms with Crippen molar-refractivity contribution in [2.24, 2.45) is 5.84 Å². The smallest absolute Gasteiger partial charge is 0.253 e. The van der Waals surface area contributed by atoms with Crippen molar-refractivity contribution in [2.75, 3.05) is 31.0 Å². The van der Waals surface area contributed by atoms with Gasteiger partial charge in [0.2, 0.25) is 0 Å². The zero-order valence-corrected chi connectivity index (χ0v) is 12.6. The largest absolute Gasteiger partial charge is 0.341 e. The molecule has 0 aliphatic rings. The van der Waals surface area contributed by atoms with Gasteiger partial charge in [0, 0.05) is 30.6 Å². The maximum absolute atomic E-state index is 12.3. The van der Waals surface area contributed by atoms with Crippen LogP contribution >= 0.6 is 11.8 Å². The maximum atomic E-state index is 12.3. The van der Waals surface area contributed by atoms with Crippen LogP contribution in [0.4, 0.5) is 5.82 Å². The SMILES string of the molecule is CCCc1cc(C(=O)N(C)CCSC)cc(NN)n1. The molecule has 5 nitrogen and oxygen atoms in total. The molecule has 0 atom stereocenters. The highest BCUT2D eigenvalue weighted by atomic mass is 32.2. The number of nitrogens with zero attached hydrogens (tertiary/aromatic N) is 2. The van der Waals surface area contributed by atoms with Crippen molar-refractivity contribution in [2.45, 2.75) is 19.8 Å². The highest BCUT2D eigenvalue weighted by Gasteiger charge is 2.13. The minimum Gasteiger partial charge on any atom is -0.341 e. The number of aryl methyl sites for hydroxylation is 1. The second kappa shape index (κ2) is 8.01. The molecule has 0 saturated heterocycles. The number of hydrogen-bond acceptors (Lipinski definition) is 5. The van der Waals surface area contributed by atoms with Crippen molar-refractivity contribution < 1.29 is 4.79 Å². The molecule has 1 heterocycles. The number of carbonyl (C=O) groups is 1. The monoisotopic (exact) mass is 282 g/mol. The van der Waals surface area contributed by atoms with E-state index in [0.29, 0.717) is 11.4 Å². The van der Waals surface area contributed by atoms with Crippen LogP contribution in [0.15, 0.2) is 12.1 Å². The Hall–Kier alpha value is -1.27. The molecule has 0 radical (unpaired) electrons. The summed E-state index contributed by atoms with van der Waals surface area (Å²) in [7, 11) is 1.81. The van der Waals surface area contributed by atoms with Crippen LogP contribution in [-0.4, -0.2) is 41.4 Å². The van der Waals surface area contributed by atoms with Crippen molar-refractivity contribution >= 4 is 23.5 Å². The van der Waals surface area contributed by atoms with Gasteiger partial charge >= 0.3 is 0 Å². The lowest BCUT2D eigenvalue weighted by molar-refractivity contribution is 0.0803. The molecule has 1 aromatic heterocycles. The highest BCUT2D eigenvalue weighted by molar-refractivity contribution is 7.98. The first-order valence-corrected chi connectivity index (χ1v) is 7.73. The van der Waals surface area contributed by atoms with Gasteiger partial charge in [-0.25, -0.2) is 10.8 Å². The molecular weight excluding hydrogens is 260 g/mol. The number of thioether (sulfide) groups is 1. The van der Waals surface area contributed by atoms with Crippen molar-refractivity contribution in [1.82, 2.24) is 9.88 Å². The van der Waals surface area contributed by atoms with Crippen LogP contribution in [0.25, 0.3) is 0 Å². The third-order valence-corrected chi connectivity index (χ3v) is 3.35. The van der Waals surface area contributed by atoms with Gasteiger partial charge in [-0.15, -0.1) is 0 Å². The predicted molar refractivity (Wildman–Crippen MR) is 81.4 cm³/mol. The fourth-order valence-electron chi connectivity index (χ4n) is 1.72. The molecule has 3 N–H and O–H groups in total. The number of nitrogens with one attached hydrogen (secondary N) is 1. The first-order chi connectivity index (χ1) is 9.12. The van der Waals surface area contributed by atoms with Crippen LogP contribution < -0.4 is 11.3 Å². The molecule has 0 aromatic carbocycles. The lowest BCUT2D eigenvalue weighted by Gasteiger charge is -2.17. The minimum atomic E-state index is 0.00491. The van der Waals surface area contributed by atoms with E-state index in [1.807, 2.05) is 19.4 Å². The van der Waals surface area contributed by atoms with Gasteiger partial charge in [-0.3, -0.25) is 4.79 Å². The fourth-order valence-corrected chi connectivity index (χ4v) is 2.18. The number of aromatic nitrogens is 1. The second-order valence-corrected chi connectivity index (χ2v) is 5.33. The molecule has 0 aliphatic heterocycles. The molecule has 0 unspecified atom stereocenters. The van der Waals surface area contributed by atoms with Gasteiger partial charge < -0.3 is 10.3 Å². The first-order valence-electron chi connectivity index (χ1n) is 6.34. The zero-order valence-electron chi connectivity index (χ0n) is 11.8.